The van der Waals surface area contributed by atoms with Crippen molar-refractivity contribution in [1.29, 1.82) is 0 Å². The van der Waals surface area contributed by atoms with Gasteiger partial charge < -0.3 is 9.47 Å². The van der Waals surface area contributed by atoms with Gasteiger partial charge in [-0.05, 0) is 72.5 Å². The molecule has 0 atom stereocenters. The first-order chi connectivity index (χ1) is 15.1. The zero-order chi connectivity index (χ0) is 21.6. The molecule has 0 saturated carbocycles. The Bertz CT molecular complexity index is 1160. The van der Waals surface area contributed by atoms with E-state index < -0.39 is 0 Å². The number of carbonyl (C=O) groups excluding carboxylic acids is 1. The van der Waals surface area contributed by atoms with Crippen molar-refractivity contribution in [3.63, 3.8) is 0 Å². The van der Waals surface area contributed by atoms with Crippen molar-refractivity contribution in [3.05, 3.63) is 119 Å². The van der Waals surface area contributed by atoms with Crippen LogP contribution < -0.4 is 9.47 Å². The number of rotatable bonds is 6. The van der Waals surface area contributed by atoms with E-state index >= 15 is 0 Å². The van der Waals surface area contributed by atoms with E-state index in [2.05, 4.69) is 31.2 Å². The summed E-state index contributed by atoms with van der Waals surface area (Å²) in [5.41, 5.74) is 6.08. The molecular weight excluding hydrogens is 384 g/mol. The molecule has 0 amide bonds. The average Bonchev–Trinajstić information content (AvgIpc) is 2.79. The van der Waals surface area contributed by atoms with Crippen LogP contribution >= 0.6 is 0 Å². The normalized spacial score (nSPS) is 10.5. The molecule has 0 unspecified atom stereocenters. The first-order valence-corrected chi connectivity index (χ1v) is 10.2. The third kappa shape index (κ3) is 5.40. The topological polar surface area (TPSA) is 35.5 Å². The highest BCUT2D eigenvalue weighted by Crippen LogP contribution is 2.23. The van der Waals surface area contributed by atoms with E-state index in [1.165, 1.54) is 5.56 Å². The lowest BCUT2D eigenvalue weighted by Crippen LogP contribution is -2.08. The van der Waals surface area contributed by atoms with Gasteiger partial charge in [0.05, 0.1) is 5.56 Å². The predicted molar refractivity (Wildman–Crippen MR) is 124 cm³/mol. The summed E-state index contributed by atoms with van der Waals surface area (Å²) >= 11 is 0. The van der Waals surface area contributed by atoms with Crippen LogP contribution in [0.3, 0.4) is 0 Å². The molecule has 3 heteroatoms. The van der Waals surface area contributed by atoms with Gasteiger partial charge in [0.2, 0.25) is 0 Å². The Hall–Kier alpha value is -3.85. The van der Waals surface area contributed by atoms with Crippen LogP contribution in [0.25, 0.3) is 11.1 Å². The minimum absolute atomic E-state index is 0.380. The number of aryl methyl sites for hydroxylation is 2. The second kappa shape index (κ2) is 9.31. The van der Waals surface area contributed by atoms with Gasteiger partial charge in [-0.25, -0.2) is 4.79 Å². The van der Waals surface area contributed by atoms with Gasteiger partial charge in [-0.2, -0.15) is 0 Å². The Balaban J connectivity index is 1.35. The molecule has 0 spiro atoms. The molecule has 3 nitrogen and oxygen atoms in total. The lowest BCUT2D eigenvalue weighted by atomic mass is 10.0. The largest absolute Gasteiger partial charge is 0.489 e. The Morgan fingerprint density at radius 1 is 0.677 bits per heavy atom. The monoisotopic (exact) mass is 408 g/mol. The molecule has 0 saturated heterocycles. The maximum absolute atomic E-state index is 12.5. The molecule has 4 aromatic rings. The molecule has 4 aromatic carbocycles. The minimum Gasteiger partial charge on any atom is -0.489 e. The Labute approximate surface area is 182 Å². The van der Waals surface area contributed by atoms with Crippen molar-refractivity contribution in [2.45, 2.75) is 20.5 Å². The smallest absolute Gasteiger partial charge is 0.343 e. The van der Waals surface area contributed by atoms with Crippen LogP contribution in [0.15, 0.2) is 97.1 Å². The second-order valence-electron chi connectivity index (χ2n) is 7.58. The summed E-state index contributed by atoms with van der Waals surface area (Å²) in [6.45, 7) is 4.54. The Kier molecular flexibility index (Phi) is 6.13. The van der Waals surface area contributed by atoms with Crippen LogP contribution in [0.5, 0.6) is 11.5 Å². The van der Waals surface area contributed by atoms with Gasteiger partial charge in [0.1, 0.15) is 18.1 Å². The number of carbonyl (C=O) groups is 1. The number of hydrogen-bond donors (Lipinski definition) is 0. The van der Waals surface area contributed by atoms with Crippen LogP contribution in [-0.2, 0) is 6.61 Å². The van der Waals surface area contributed by atoms with E-state index in [1.54, 1.807) is 12.1 Å². The van der Waals surface area contributed by atoms with Crippen molar-refractivity contribution in [3.8, 4) is 22.6 Å². The first-order valence-electron chi connectivity index (χ1n) is 10.2. The van der Waals surface area contributed by atoms with Crippen LogP contribution in [0, 0.1) is 13.8 Å². The predicted octanol–water partition coefficient (Wildman–Crippen LogP) is 6.77. The van der Waals surface area contributed by atoms with Gasteiger partial charge in [0.15, 0.2) is 0 Å². The summed E-state index contributed by atoms with van der Waals surface area (Å²) < 4.78 is 11.3. The highest BCUT2D eigenvalue weighted by molar-refractivity contribution is 5.91. The molecule has 0 heterocycles. The SMILES string of the molecule is Cc1ccc(-c2ccc(OC(=O)c3ccc(COc4cccc(C)c4)cc3)cc2)cc1. The average molecular weight is 408 g/mol. The highest BCUT2D eigenvalue weighted by Gasteiger charge is 2.09. The summed E-state index contributed by atoms with van der Waals surface area (Å²) in [5.74, 6) is 0.972. The number of hydrogen-bond acceptors (Lipinski definition) is 3. The van der Waals surface area contributed by atoms with E-state index in [0.717, 1.165) is 28.0 Å². The van der Waals surface area contributed by atoms with Crippen LogP contribution in [0.2, 0.25) is 0 Å². The fourth-order valence-electron chi connectivity index (χ4n) is 3.24. The van der Waals surface area contributed by atoms with Crippen LogP contribution in [0.1, 0.15) is 27.0 Å². The first kappa shape index (κ1) is 20.4. The molecule has 0 aliphatic heterocycles. The molecule has 0 radical (unpaired) electrons. The number of ether oxygens (including phenoxy) is 2. The zero-order valence-electron chi connectivity index (χ0n) is 17.7. The van der Waals surface area contributed by atoms with Gasteiger partial charge in [-0.1, -0.05) is 66.2 Å². The van der Waals surface area contributed by atoms with Crippen molar-refractivity contribution in [1.82, 2.24) is 0 Å². The van der Waals surface area contributed by atoms with E-state index in [4.69, 9.17) is 9.47 Å². The van der Waals surface area contributed by atoms with E-state index in [1.807, 2.05) is 67.6 Å². The number of esters is 1. The second-order valence-corrected chi connectivity index (χ2v) is 7.58. The Morgan fingerprint density at radius 3 is 1.97 bits per heavy atom. The maximum Gasteiger partial charge on any atom is 0.343 e. The molecule has 0 fully saturated rings. The maximum atomic E-state index is 12.5. The van der Waals surface area contributed by atoms with Gasteiger partial charge in [0, 0.05) is 0 Å². The summed E-state index contributed by atoms with van der Waals surface area (Å²) in [6, 6.07) is 31.1. The van der Waals surface area contributed by atoms with Crippen molar-refractivity contribution >= 4 is 5.97 Å². The third-order valence-corrected chi connectivity index (χ3v) is 5.03. The fraction of sp³-hybridized carbons (Fsp3) is 0.107. The Morgan fingerprint density at radius 2 is 1.32 bits per heavy atom. The summed E-state index contributed by atoms with van der Waals surface area (Å²) in [4.78, 5) is 12.5. The lowest BCUT2D eigenvalue weighted by Gasteiger charge is -2.09. The zero-order valence-corrected chi connectivity index (χ0v) is 17.7. The van der Waals surface area contributed by atoms with Gasteiger partial charge in [-0.15, -0.1) is 0 Å². The molecule has 31 heavy (non-hydrogen) atoms. The summed E-state index contributed by atoms with van der Waals surface area (Å²) in [6.07, 6.45) is 0. The molecule has 4 rings (SSSR count). The lowest BCUT2D eigenvalue weighted by molar-refractivity contribution is 0.0734. The highest BCUT2D eigenvalue weighted by atomic mass is 16.5. The number of benzene rings is 4. The van der Waals surface area contributed by atoms with Gasteiger partial charge in [0.25, 0.3) is 0 Å². The van der Waals surface area contributed by atoms with E-state index in [9.17, 15) is 4.79 Å². The molecule has 154 valence electrons. The summed E-state index contributed by atoms with van der Waals surface area (Å²) in [5, 5.41) is 0. The fourth-order valence-corrected chi connectivity index (χ4v) is 3.24. The molecule has 0 bridgehead atoms. The standard InChI is InChI=1S/C28H24O3/c1-20-6-10-23(11-7-20)24-14-16-26(17-15-24)31-28(29)25-12-8-22(9-13-25)19-30-27-5-3-4-21(2)18-27/h3-18H,19H2,1-2H3. The van der Waals surface area contributed by atoms with Crippen LogP contribution in [0.4, 0.5) is 0 Å². The van der Waals surface area contributed by atoms with Crippen molar-refractivity contribution < 1.29 is 14.3 Å². The van der Waals surface area contributed by atoms with E-state index in [-0.39, 0.29) is 5.97 Å². The van der Waals surface area contributed by atoms with Crippen LogP contribution in [-0.4, -0.2) is 5.97 Å². The van der Waals surface area contributed by atoms with Crippen molar-refractivity contribution in [2.75, 3.05) is 0 Å². The molecule has 0 N–H and O–H groups in total. The molecule has 0 aliphatic carbocycles. The summed E-state index contributed by atoms with van der Waals surface area (Å²) in [7, 11) is 0. The quantitative estimate of drug-likeness (QED) is 0.261. The van der Waals surface area contributed by atoms with Gasteiger partial charge >= 0.3 is 5.97 Å². The molecular formula is C28H24O3. The minimum atomic E-state index is -0.380. The molecule has 0 aliphatic rings. The third-order valence-electron chi connectivity index (χ3n) is 5.03. The van der Waals surface area contributed by atoms with E-state index in [0.29, 0.717) is 17.9 Å². The van der Waals surface area contributed by atoms with Crippen molar-refractivity contribution in [2.24, 2.45) is 0 Å². The molecule has 0 aromatic heterocycles. The van der Waals surface area contributed by atoms with Gasteiger partial charge in [-0.3, -0.25) is 0 Å².